The van der Waals surface area contributed by atoms with Crippen LogP contribution in [0.5, 0.6) is 0 Å². The van der Waals surface area contributed by atoms with Crippen LogP contribution in [0.15, 0.2) is 47.7 Å². The largest absolute Gasteiger partial charge is 0.354 e. The SMILES string of the molecule is CCc1cn2nc(N3C[C@@H]4C(N(C)c5nc(-c6ccncc6F)cc(=O)n5C)[C@@H]4C3)ccc2n1. The molecule has 9 nitrogen and oxygen atoms in total. The molecule has 1 aliphatic heterocycles. The molecule has 4 aromatic heterocycles. The highest BCUT2D eigenvalue weighted by molar-refractivity contribution is 5.61. The molecule has 0 amide bonds. The summed E-state index contributed by atoms with van der Waals surface area (Å²) < 4.78 is 17.7. The van der Waals surface area contributed by atoms with E-state index in [1.165, 1.54) is 22.9 Å². The minimum absolute atomic E-state index is 0.222. The summed E-state index contributed by atoms with van der Waals surface area (Å²) in [5, 5.41) is 4.76. The minimum atomic E-state index is -0.496. The number of hydrogen-bond donors (Lipinski definition) is 0. The quantitative estimate of drug-likeness (QED) is 0.451. The summed E-state index contributed by atoms with van der Waals surface area (Å²) in [7, 11) is 3.66. The van der Waals surface area contributed by atoms with Gasteiger partial charge in [-0.05, 0) is 24.6 Å². The first kappa shape index (κ1) is 20.8. The lowest BCUT2D eigenvalue weighted by Crippen LogP contribution is -2.36. The molecule has 4 aromatic rings. The van der Waals surface area contributed by atoms with Gasteiger partial charge in [0.25, 0.3) is 5.56 Å². The molecule has 0 N–H and O–H groups in total. The first-order chi connectivity index (χ1) is 16.4. The third-order valence-corrected chi connectivity index (χ3v) is 7.11. The van der Waals surface area contributed by atoms with Crippen molar-refractivity contribution in [1.82, 2.24) is 29.1 Å². The lowest BCUT2D eigenvalue weighted by atomic mass is 10.2. The van der Waals surface area contributed by atoms with Crippen LogP contribution >= 0.6 is 0 Å². The maximum absolute atomic E-state index is 14.3. The van der Waals surface area contributed by atoms with Crippen LogP contribution in [0.1, 0.15) is 12.6 Å². The van der Waals surface area contributed by atoms with E-state index in [-0.39, 0.29) is 17.2 Å². The standard InChI is InChI=1S/C24H25FN8O/c1-4-14-11-33-20(27-14)5-6-21(29-33)32-12-16-17(13-32)23(16)31(3)24-28-19(9-22(34)30(24)2)15-7-8-26-10-18(15)25/h5-11,16-17,23H,4,12-13H2,1-3H3/t16-,17+,23?. The molecule has 1 saturated heterocycles. The molecule has 34 heavy (non-hydrogen) atoms. The molecule has 3 atom stereocenters. The Kier molecular flexibility index (Phi) is 4.65. The van der Waals surface area contributed by atoms with Crippen molar-refractivity contribution < 1.29 is 4.39 Å². The smallest absolute Gasteiger partial charge is 0.255 e. The van der Waals surface area contributed by atoms with Gasteiger partial charge < -0.3 is 9.80 Å². The number of fused-ring (bicyclic) bond motifs is 2. The molecular formula is C24H25FN8O. The fraction of sp³-hybridized carbons (Fsp3) is 0.375. The van der Waals surface area contributed by atoms with E-state index in [2.05, 4.69) is 31.7 Å². The average molecular weight is 461 g/mol. The van der Waals surface area contributed by atoms with Crippen molar-refractivity contribution in [2.75, 3.05) is 29.9 Å². The van der Waals surface area contributed by atoms with Gasteiger partial charge in [0.15, 0.2) is 11.5 Å². The number of piperidine rings is 1. The van der Waals surface area contributed by atoms with Crippen LogP contribution in [0.25, 0.3) is 16.9 Å². The van der Waals surface area contributed by atoms with Gasteiger partial charge in [0.1, 0.15) is 5.82 Å². The number of anilines is 2. The Labute approximate surface area is 195 Å². The fourth-order valence-corrected chi connectivity index (χ4v) is 5.21. The Morgan fingerprint density at radius 3 is 2.71 bits per heavy atom. The lowest BCUT2D eigenvalue weighted by molar-refractivity contribution is 0.623. The van der Waals surface area contributed by atoms with Gasteiger partial charge in [-0.25, -0.2) is 18.9 Å². The number of halogens is 1. The Morgan fingerprint density at radius 1 is 1.18 bits per heavy atom. The van der Waals surface area contributed by atoms with Crippen molar-refractivity contribution in [2.24, 2.45) is 18.9 Å². The normalized spacial score (nSPS) is 21.2. The summed E-state index contributed by atoms with van der Waals surface area (Å²) >= 11 is 0. The Balaban J connectivity index is 1.22. The second-order valence-electron chi connectivity index (χ2n) is 9.11. The van der Waals surface area contributed by atoms with Gasteiger partial charge in [0.05, 0.1) is 23.8 Å². The van der Waals surface area contributed by atoms with Gasteiger partial charge in [-0.1, -0.05) is 6.92 Å². The fourth-order valence-electron chi connectivity index (χ4n) is 5.21. The maximum Gasteiger partial charge on any atom is 0.255 e. The molecule has 0 bridgehead atoms. The first-order valence-electron chi connectivity index (χ1n) is 11.5. The topological polar surface area (TPSA) is 84.5 Å². The van der Waals surface area contributed by atoms with Crippen LogP contribution < -0.4 is 15.4 Å². The van der Waals surface area contributed by atoms with Crippen LogP contribution in [0.2, 0.25) is 0 Å². The van der Waals surface area contributed by atoms with Gasteiger partial charge in [-0.3, -0.25) is 14.3 Å². The summed E-state index contributed by atoms with van der Waals surface area (Å²) in [6.07, 6.45) is 5.50. The number of imidazole rings is 1. The average Bonchev–Trinajstić information content (AvgIpc) is 3.16. The van der Waals surface area contributed by atoms with Gasteiger partial charge in [0, 0.05) is 62.9 Å². The second kappa shape index (κ2) is 7.61. The number of aryl methyl sites for hydroxylation is 1. The number of hydrogen-bond acceptors (Lipinski definition) is 7. The summed E-state index contributed by atoms with van der Waals surface area (Å²) in [6, 6.07) is 7.23. The van der Waals surface area contributed by atoms with Crippen molar-refractivity contribution >= 4 is 17.4 Å². The van der Waals surface area contributed by atoms with Crippen molar-refractivity contribution in [1.29, 1.82) is 0 Å². The summed E-state index contributed by atoms with van der Waals surface area (Å²) in [5.41, 5.74) is 2.26. The number of rotatable bonds is 5. The molecule has 2 aliphatic rings. The third-order valence-electron chi connectivity index (χ3n) is 7.11. The zero-order chi connectivity index (χ0) is 23.6. The van der Waals surface area contributed by atoms with Crippen LogP contribution in [-0.2, 0) is 13.5 Å². The van der Waals surface area contributed by atoms with Gasteiger partial charge in [0.2, 0.25) is 5.95 Å². The van der Waals surface area contributed by atoms with Gasteiger partial charge in [-0.2, -0.15) is 0 Å². The Hall–Kier alpha value is -3.82. The molecule has 10 heteroatoms. The molecule has 174 valence electrons. The van der Waals surface area contributed by atoms with Crippen molar-refractivity contribution in [3.05, 3.63) is 64.7 Å². The van der Waals surface area contributed by atoms with Crippen LogP contribution in [-0.4, -0.2) is 55.3 Å². The number of aromatic nitrogens is 6. The van der Waals surface area contributed by atoms with E-state index in [9.17, 15) is 9.18 Å². The third kappa shape index (κ3) is 3.24. The molecule has 0 spiro atoms. The molecule has 0 radical (unpaired) electrons. The van der Waals surface area contributed by atoms with Crippen molar-refractivity contribution in [3.8, 4) is 11.3 Å². The molecule has 1 unspecified atom stereocenters. The summed E-state index contributed by atoms with van der Waals surface area (Å²) in [6.45, 7) is 3.86. The highest BCUT2D eigenvalue weighted by atomic mass is 19.1. The van der Waals surface area contributed by atoms with E-state index in [4.69, 9.17) is 5.10 Å². The van der Waals surface area contributed by atoms with Gasteiger partial charge in [-0.15, -0.1) is 5.10 Å². The number of nitrogens with zero attached hydrogens (tertiary/aromatic N) is 8. The highest BCUT2D eigenvalue weighted by Gasteiger charge is 2.58. The van der Waals surface area contributed by atoms with Crippen LogP contribution in [0.4, 0.5) is 16.2 Å². The zero-order valence-corrected chi connectivity index (χ0v) is 19.3. The Bertz CT molecular complexity index is 1450. The van der Waals surface area contributed by atoms with Crippen LogP contribution in [0.3, 0.4) is 0 Å². The van der Waals surface area contributed by atoms with E-state index in [0.717, 1.165) is 42.9 Å². The predicted molar refractivity (Wildman–Crippen MR) is 126 cm³/mol. The minimum Gasteiger partial charge on any atom is -0.354 e. The van der Waals surface area contributed by atoms with Gasteiger partial charge >= 0.3 is 0 Å². The van der Waals surface area contributed by atoms with Crippen molar-refractivity contribution in [2.45, 2.75) is 19.4 Å². The second-order valence-corrected chi connectivity index (χ2v) is 9.11. The zero-order valence-electron chi connectivity index (χ0n) is 19.3. The molecule has 5 heterocycles. The molecule has 1 aliphatic carbocycles. The van der Waals surface area contributed by atoms with E-state index in [1.807, 2.05) is 29.9 Å². The molecule has 6 rings (SSSR count). The highest BCUT2D eigenvalue weighted by Crippen LogP contribution is 2.50. The molecule has 1 saturated carbocycles. The van der Waals surface area contributed by atoms with E-state index < -0.39 is 5.82 Å². The summed E-state index contributed by atoms with van der Waals surface area (Å²) in [4.78, 5) is 30.0. The van der Waals surface area contributed by atoms with E-state index >= 15 is 0 Å². The molecule has 2 fully saturated rings. The molecule has 0 aromatic carbocycles. The maximum atomic E-state index is 14.3. The molecular weight excluding hydrogens is 435 g/mol. The van der Waals surface area contributed by atoms with Crippen molar-refractivity contribution in [3.63, 3.8) is 0 Å². The van der Waals surface area contributed by atoms with E-state index in [1.54, 1.807) is 7.05 Å². The monoisotopic (exact) mass is 460 g/mol. The lowest BCUT2D eigenvalue weighted by Gasteiger charge is -2.26. The van der Waals surface area contributed by atoms with Crippen LogP contribution in [0, 0.1) is 17.7 Å². The number of pyridine rings is 1. The Morgan fingerprint density at radius 2 is 1.97 bits per heavy atom. The predicted octanol–water partition coefficient (Wildman–Crippen LogP) is 2.16. The van der Waals surface area contributed by atoms with E-state index in [0.29, 0.717) is 23.5 Å². The summed E-state index contributed by atoms with van der Waals surface area (Å²) in [5.74, 6) is 1.89. The first-order valence-corrected chi connectivity index (χ1v) is 11.5.